The van der Waals surface area contributed by atoms with Crippen molar-refractivity contribution < 1.29 is 0 Å². The molecule has 0 fully saturated rings. The Bertz CT molecular complexity index is 396. The van der Waals surface area contributed by atoms with Crippen LogP contribution in [0.2, 0.25) is 0 Å². The van der Waals surface area contributed by atoms with Crippen LogP contribution in [0.25, 0.3) is 0 Å². The maximum atomic E-state index is 4.64. The highest BCUT2D eigenvalue weighted by atomic mass is 15.1. The standard InChI is InChI=1S/C15H28N4/c1-7-8-9-11(2)17-13-10-12(16-6)18-14(19-13)15(3,4)5/h10-11H,7-9H2,1-6H3,(H2,16,17,18,19). The lowest BCUT2D eigenvalue weighted by Gasteiger charge is -2.20. The van der Waals surface area contributed by atoms with Crippen LogP contribution in [0.4, 0.5) is 11.6 Å². The third-order valence-corrected chi connectivity index (χ3v) is 3.04. The molecule has 0 spiro atoms. The van der Waals surface area contributed by atoms with Crippen molar-refractivity contribution in [2.24, 2.45) is 0 Å². The molecular formula is C15H28N4. The summed E-state index contributed by atoms with van der Waals surface area (Å²) in [5.41, 5.74) is -0.0457. The van der Waals surface area contributed by atoms with Gasteiger partial charge in [0.25, 0.3) is 0 Å². The molecule has 0 bridgehead atoms. The van der Waals surface area contributed by atoms with Crippen LogP contribution in [0.5, 0.6) is 0 Å². The number of nitrogens with one attached hydrogen (secondary N) is 2. The van der Waals surface area contributed by atoms with Gasteiger partial charge >= 0.3 is 0 Å². The molecule has 0 aliphatic heterocycles. The minimum absolute atomic E-state index is 0.0457. The van der Waals surface area contributed by atoms with Crippen LogP contribution >= 0.6 is 0 Å². The van der Waals surface area contributed by atoms with Crippen LogP contribution in [0, 0.1) is 0 Å². The van der Waals surface area contributed by atoms with Crippen LogP contribution in [0.3, 0.4) is 0 Å². The van der Waals surface area contributed by atoms with Gasteiger partial charge in [-0.2, -0.15) is 0 Å². The topological polar surface area (TPSA) is 49.8 Å². The Labute approximate surface area is 117 Å². The molecule has 0 saturated carbocycles. The van der Waals surface area contributed by atoms with E-state index in [-0.39, 0.29) is 5.41 Å². The number of unbranched alkanes of at least 4 members (excludes halogenated alkanes) is 1. The van der Waals surface area contributed by atoms with E-state index in [0.29, 0.717) is 6.04 Å². The van der Waals surface area contributed by atoms with Gasteiger partial charge in [-0.3, -0.25) is 0 Å². The van der Waals surface area contributed by atoms with E-state index in [1.807, 2.05) is 13.1 Å². The Morgan fingerprint density at radius 2 is 1.84 bits per heavy atom. The molecule has 1 aromatic rings. The molecule has 0 aromatic carbocycles. The van der Waals surface area contributed by atoms with E-state index in [9.17, 15) is 0 Å². The smallest absolute Gasteiger partial charge is 0.138 e. The molecule has 1 atom stereocenters. The summed E-state index contributed by atoms with van der Waals surface area (Å²) in [6.07, 6.45) is 3.63. The van der Waals surface area contributed by atoms with E-state index in [2.05, 4.69) is 55.2 Å². The van der Waals surface area contributed by atoms with Crippen LogP contribution < -0.4 is 10.6 Å². The first-order chi connectivity index (χ1) is 8.86. The van der Waals surface area contributed by atoms with E-state index in [4.69, 9.17) is 0 Å². The molecule has 1 heterocycles. The molecule has 1 aromatic heterocycles. The summed E-state index contributed by atoms with van der Waals surface area (Å²) in [7, 11) is 1.89. The first-order valence-corrected chi connectivity index (χ1v) is 7.20. The summed E-state index contributed by atoms with van der Waals surface area (Å²) in [4.78, 5) is 9.17. The summed E-state index contributed by atoms with van der Waals surface area (Å²) in [5.74, 6) is 2.64. The monoisotopic (exact) mass is 264 g/mol. The zero-order valence-electron chi connectivity index (χ0n) is 13.2. The lowest BCUT2D eigenvalue weighted by Crippen LogP contribution is -2.21. The maximum Gasteiger partial charge on any atom is 0.138 e. The highest BCUT2D eigenvalue weighted by molar-refractivity contribution is 5.48. The lowest BCUT2D eigenvalue weighted by atomic mass is 9.96. The van der Waals surface area contributed by atoms with Gasteiger partial charge in [-0.15, -0.1) is 0 Å². The van der Waals surface area contributed by atoms with Crippen molar-refractivity contribution in [3.63, 3.8) is 0 Å². The fourth-order valence-electron chi connectivity index (χ4n) is 1.82. The number of aromatic nitrogens is 2. The maximum absolute atomic E-state index is 4.64. The van der Waals surface area contributed by atoms with Gasteiger partial charge < -0.3 is 10.6 Å². The summed E-state index contributed by atoms with van der Waals surface area (Å²) in [6.45, 7) is 10.8. The number of anilines is 2. The van der Waals surface area contributed by atoms with Crippen molar-refractivity contribution in [3.8, 4) is 0 Å². The number of hydrogen-bond donors (Lipinski definition) is 2. The Balaban J connectivity index is 2.88. The van der Waals surface area contributed by atoms with Gasteiger partial charge in [0, 0.05) is 24.6 Å². The molecule has 0 aliphatic carbocycles. The largest absolute Gasteiger partial charge is 0.373 e. The van der Waals surface area contributed by atoms with E-state index in [1.165, 1.54) is 19.3 Å². The predicted octanol–water partition coefficient (Wildman–Crippen LogP) is 3.81. The molecule has 4 nitrogen and oxygen atoms in total. The molecule has 0 aliphatic rings. The van der Waals surface area contributed by atoms with Crippen molar-refractivity contribution in [2.45, 2.75) is 65.3 Å². The van der Waals surface area contributed by atoms with E-state index in [0.717, 1.165) is 17.5 Å². The summed E-state index contributed by atoms with van der Waals surface area (Å²) in [6, 6.07) is 2.41. The van der Waals surface area contributed by atoms with E-state index < -0.39 is 0 Å². The SMILES string of the molecule is CCCCC(C)Nc1cc(NC)nc(C(C)(C)C)n1. The summed E-state index contributed by atoms with van der Waals surface area (Å²) in [5, 5.41) is 6.58. The van der Waals surface area contributed by atoms with Crippen LogP contribution in [0.1, 0.15) is 59.7 Å². The van der Waals surface area contributed by atoms with Gasteiger partial charge in [-0.05, 0) is 13.3 Å². The van der Waals surface area contributed by atoms with E-state index in [1.54, 1.807) is 0 Å². The Morgan fingerprint density at radius 1 is 1.21 bits per heavy atom. The highest BCUT2D eigenvalue weighted by Crippen LogP contribution is 2.22. The van der Waals surface area contributed by atoms with Gasteiger partial charge in [0.2, 0.25) is 0 Å². The molecule has 19 heavy (non-hydrogen) atoms. The van der Waals surface area contributed by atoms with Crippen molar-refractivity contribution in [3.05, 3.63) is 11.9 Å². The quantitative estimate of drug-likeness (QED) is 0.820. The van der Waals surface area contributed by atoms with Crippen LogP contribution in [-0.4, -0.2) is 23.1 Å². The molecule has 1 rings (SSSR count). The zero-order valence-corrected chi connectivity index (χ0v) is 13.2. The summed E-state index contributed by atoms with van der Waals surface area (Å²) >= 11 is 0. The van der Waals surface area contributed by atoms with Gasteiger partial charge in [-0.1, -0.05) is 40.5 Å². The Hall–Kier alpha value is -1.32. The molecule has 0 amide bonds. The molecule has 4 heteroatoms. The predicted molar refractivity (Wildman–Crippen MR) is 82.9 cm³/mol. The number of hydrogen-bond acceptors (Lipinski definition) is 4. The Morgan fingerprint density at radius 3 is 2.37 bits per heavy atom. The fourth-order valence-corrected chi connectivity index (χ4v) is 1.82. The average Bonchev–Trinajstić information content (AvgIpc) is 2.34. The number of nitrogens with zero attached hydrogens (tertiary/aromatic N) is 2. The highest BCUT2D eigenvalue weighted by Gasteiger charge is 2.19. The third kappa shape index (κ3) is 5.05. The third-order valence-electron chi connectivity index (χ3n) is 3.04. The van der Waals surface area contributed by atoms with Crippen LogP contribution in [0.15, 0.2) is 6.07 Å². The average molecular weight is 264 g/mol. The minimum atomic E-state index is -0.0457. The Kier molecular flexibility index (Phi) is 5.58. The van der Waals surface area contributed by atoms with Crippen molar-refractivity contribution >= 4 is 11.6 Å². The normalized spacial score (nSPS) is 13.2. The lowest BCUT2D eigenvalue weighted by molar-refractivity contribution is 0.545. The molecule has 0 radical (unpaired) electrons. The molecule has 1 unspecified atom stereocenters. The molecule has 0 saturated heterocycles. The van der Waals surface area contributed by atoms with Crippen molar-refractivity contribution in [2.75, 3.05) is 17.7 Å². The first-order valence-electron chi connectivity index (χ1n) is 7.20. The van der Waals surface area contributed by atoms with Gasteiger partial charge in [0.1, 0.15) is 17.5 Å². The van der Waals surface area contributed by atoms with E-state index >= 15 is 0 Å². The second-order valence-electron chi connectivity index (χ2n) is 6.15. The fraction of sp³-hybridized carbons (Fsp3) is 0.733. The van der Waals surface area contributed by atoms with Crippen molar-refractivity contribution in [1.29, 1.82) is 0 Å². The number of rotatable bonds is 6. The van der Waals surface area contributed by atoms with Crippen LogP contribution in [-0.2, 0) is 5.41 Å². The second kappa shape index (κ2) is 6.73. The zero-order chi connectivity index (χ0) is 14.5. The minimum Gasteiger partial charge on any atom is -0.373 e. The second-order valence-corrected chi connectivity index (χ2v) is 6.15. The first kappa shape index (κ1) is 15.7. The van der Waals surface area contributed by atoms with Crippen molar-refractivity contribution in [1.82, 2.24) is 9.97 Å². The van der Waals surface area contributed by atoms with Gasteiger partial charge in [0.05, 0.1) is 0 Å². The molecular weight excluding hydrogens is 236 g/mol. The molecule has 2 N–H and O–H groups in total. The van der Waals surface area contributed by atoms with Gasteiger partial charge in [-0.25, -0.2) is 9.97 Å². The molecule has 108 valence electrons. The van der Waals surface area contributed by atoms with Gasteiger partial charge in [0.15, 0.2) is 0 Å². The summed E-state index contributed by atoms with van der Waals surface area (Å²) < 4.78 is 0.